The minimum Gasteiger partial charge on any atom is -0.444 e. The molecular weight excluding hydrogens is 352 g/mol. The molecule has 0 radical (unpaired) electrons. The molecule has 2 N–H and O–H groups in total. The van der Waals surface area contributed by atoms with Gasteiger partial charge in [-0.25, -0.2) is 0 Å². The van der Waals surface area contributed by atoms with E-state index in [0.29, 0.717) is 32.5 Å². The molecule has 0 unspecified atom stereocenters. The monoisotopic (exact) mass is 382 g/mol. The summed E-state index contributed by atoms with van der Waals surface area (Å²) >= 11 is 0. The van der Waals surface area contributed by atoms with Crippen molar-refractivity contribution in [3.05, 3.63) is 70.3 Å². The van der Waals surface area contributed by atoms with E-state index in [4.69, 9.17) is 15.3 Å². The molecular formula is C23H30N2O3. The number of piperidine rings is 1. The molecule has 0 amide bonds. The van der Waals surface area contributed by atoms with E-state index < -0.39 is 5.72 Å². The third-order valence-corrected chi connectivity index (χ3v) is 5.30. The van der Waals surface area contributed by atoms with Crippen molar-refractivity contribution in [1.29, 1.82) is 0 Å². The van der Waals surface area contributed by atoms with Gasteiger partial charge in [0.2, 0.25) is 0 Å². The minimum atomic E-state index is -0.920. The van der Waals surface area contributed by atoms with Crippen LogP contribution in [-0.4, -0.2) is 29.8 Å². The largest absolute Gasteiger partial charge is 0.444 e. The molecule has 2 aromatic carbocycles. The molecule has 0 bridgehead atoms. The summed E-state index contributed by atoms with van der Waals surface area (Å²) in [5.74, 6) is -0.267. The lowest BCUT2D eigenvalue weighted by atomic mass is 9.97. The summed E-state index contributed by atoms with van der Waals surface area (Å²) in [6.45, 7) is 7.93. The SMILES string of the molecule is Cc1cc(C)c(CC(=O)OC2(N)CCN(OCc3ccccc3)CC2)c(C)c1. The number of nitrogens with two attached hydrogens (primary N) is 1. The van der Waals surface area contributed by atoms with Gasteiger partial charge in [-0.3, -0.25) is 15.4 Å². The number of nitrogens with zero attached hydrogens (tertiary/aromatic N) is 1. The van der Waals surface area contributed by atoms with Crippen molar-refractivity contribution in [2.45, 2.75) is 52.4 Å². The Kier molecular flexibility index (Phi) is 6.50. The molecule has 5 nitrogen and oxygen atoms in total. The van der Waals surface area contributed by atoms with Crippen molar-refractivity contribution in [3.63, 3.8) is 0 Å². The Hall–Kier alpha value is -2.21. The predicted molar refractivity (Wildman–Crippen MR) is 109 cm³/mol. The molecule has 0 aliphatic carbocycles. The standard InChI is InChI=1S/C23H30N2O3/c1-17-13-18(2)21(19(3)14-17)15-22(26)28-23(24)9-11-25(12-10-23)27-16-20-7-5-4-6-8-20/h4-8,13-14H,9-12,15-16,24H2,1-3H3. The smallest absolute Gasteiger partial charge is 0.312 e. The van der Waals surface area contributed by atoms with Crippen LogP contribution in [0.4, 0.5) is 0 Å². The van der Waals surface area contributed by atoms with Crippen molar-refractivity contribution in [2.24, 2.45) is 5.73 Å². The van der Waals surface area contributed by atoms with E-state index in [1.54, 1.807) is 0 Å². The second-order valence-corrected chi connectivity index (χ2v) is 7.78. The van der Waals surface area contributed by atoms with E-state index in [1.807, 2.05) is 49.2 Å². The van der Waals surface area contributed by atoms with Crippen molar-refractivity contribution in [1.82, 2.24) is 5.06 Å². The number of benzene rings is 2. The molecule has 1 aliphatic heterocycles. The Morgan fingerprint density at radius 3 is 2.29 bits per heavy atom. The average Bonchev–Trinajstić information content (AvgIpc) is 2.65. The molecule has 1 aliphatic rings. The number of esters is 1. The van der Waals surface area contributed by atoms with Gasteiger partial charge in [0.25, 0.3) is 0 Å². The van der Waals surface area contributed by atoms with Crippen molar-refractivity contribution < 1.29 is 14.4 Å². The Balaban J connectivity index is 1.49. The molecule has 0 atom stereocenters. The van der Waals surface area contributed by atoms with Crippen LogP contribution in [0, 0.1) is 20.8 Å². The summed E-state index contributed by atoms with van der Waals surface area (Å²) in [5, 5.41) is 1.90. The van der Waals surface area contributed by atoms with Gasteiger partial charge in [-0.2, -0.15) is 5.06 Å². The zero-order chi connectivity index (χ0) is 20.1. The normalized spacial score (nSPS) is 16.7. The third-order valence-electron chi connectivity index (χ3n) is 5.30. The zero-order valence-electron chi connectivity index (χ0n) is 17.0. The lowest BCUT2D eigenvalue weighted by Gasteiger charge is -2.37. The van der Waals surface area contributed by atoms with Crippen molar-refractivity contribution in [2.75, 3.05) is 13.1 Å². The molecule has 2 aromatic rings. The van der Waals surface area contributed by atoms with Crippen LogP contribution in [0.2, 0.25) is 0 Å². The van der Waals surface area contributed by atoms with Gasteiger partial charge in [0.15, 0.2) is 5.72 Å². The van der Waals surface area contributed by atoms with E-state index >= 15 is 0 Å². The van der Waals surface area contributed by atoms with Crippen LogP contribution in [0.3, 0.4) is 0 Å². The first kappa shape index (κ1) is 20.5. The highest BCUT2D eigenvalue weighted by Gasteiger charge is 2.35. The molecule has 0 spiro atoms. The Morgan fingerprint density at radius 2 is 1.68 bits per heavy atom. The summed E-state index contributed by atoms with van der Waals surface area (Å²) in [4.78, 5) is 18.4. The second kappa shape index (κ2) is 8.86. The van der Waals surface area contributed by atoms with Crippen LogP contribution in [-0.2, 0) is 27.4 Å². The molecule has 0 aromatic heterocycles. The summed E-state index contributed by atoms with van der Waals surface area (Å²) < 4.78 is 5.69. The quantitative estimate of drug-likeness (QED) is 0.611. The maximum Gasteiger partial charge on any atom is 0.312 e. The molecule has 1 heterocycles. The lowest BCUT2D eigenvalue weighted by Crippen LogP contribution is -2.53. The number of carbonyl (C=O) groups is 1. The number of hydroxylamine groups is 2. The summed E-state index contributed by atoms with van der Waals surface area (Å²) in [7, 11) is 0. The van der Waals surface area contributed by atoms with Crippen molar-refractivity contribution >= 4 is 5.97 Å². The van der Waals surface area contributed by atoms with E-state index in [9.17, 15) is 4.79 Å². The maximum absolute atomic E-state index is 12.5. The van der Waals surface area contributed by atoms with Crippen LogP contribution < -0.4 is 5.73 Å². The Bertz CT molecular complexity index is 789. The third kappa shape index (κ3) is 5.41. The number of rotatable bonds is 6. The van der Waals surface area contributed by atoms with Crippen LogP contribution >= 0.6 is 0 Å². The fraction of sp³-hybridized carbons (Fsp3) is 0.435. The number of ether oxygens (including phenoxy) is 1. The van der Waals surface area contributed by atoms with Gasteiger partial charge < -0.3 is 4.74 Å². The molecule has 5 heteroatoms. The highest BCUT2D eigenvalue weighted by molar-refractivity contribution is 5.74. The van der Waals surface area contributed by atoms with Crippen LogP contribution in [0.5, 0.6) is 0 Å². The van der Waals surface area contributed by atoms with E-state index in [0.717, 1.165) is 22.3 Å². The van der Waals surface area contributed by atoms with Crippen LogP contribution in [0.1, 0.15) is 40.7 Å². The first-order valence-corrected chi connectivity index (χ1v) is 9.84. The first-order valence-electron chi connectivity index (χ1n) is 9.84. The summed E-state index contributed by atoms with van der Waals surface area (Å²) in [6.07, 6.45) is 1.36. The van der Waals surface area contributed by atoms with Gasteiger partial charge in [0.05, 0.1) is 13.0 Å². The fourth-order valence-electron chi connectivity index (χ4n) is 3.73. The molecule has 3 rings (SSSR count). The van der Waals surface area contributed by atoms with Crippen LogP contribution in [0.15, 0.2) is 42.5 Å². The summed E-state index contributed by atoms with van der Waals surface area (Å²) in [5.41, 5.74) is 11.0. The van der Waals surface area contributed by atoms with Gasteiger partial charge in [-0.1, -0.05) is 48.0 Å². The Labute approximate surface area is 167 Å². The maximum atomic E-state index is 12.5. The number of carbonyl (C=O) groups excluding carboxylic acids is 1. The van der Waals surface area contributed by atoms with Crippen molar-refractivity contribution in [3.8, 4) is 0 Å². The number of hydrogen-bond acceptors (Lipinski definition) is 5. The lowest BCUT2D eigenvalue weighted by molar-refractivity contribution is -0.210. The van der Waals surface area contributed by atoms with E-state index in [1.165, 1.54) is 5.56 Å². The molecule has 1 saturated heterocycles. The van der Waals surface area contributed by atoms with Gasteiger partial charge in [-0.15, -0.1) is 0 Å². The highest BCUT2D eigenvalue weighted by Crippen LogP contribution is 2.24. The Morgan fingerprint density at radius 1 is 1.07 bits per heavy atom. The van der Waals surface area contributed by atoms with Gasteiger partial charge in [0, 0.05) is 25.9 Å². The van der Waals surface area contributed by atoms with Gasteiger partial charge >= 0.3 is 5.97 Å². The van der Waals surface area contributed by atoms with Crippen LogP contribution in [0.25, 0.3) is 0 Å². The minimum absolute atomic E-state index is 0.255. The zero-order valence-corrected chi connectivity index (χ0v) is 17.0. The molecule has 150 valence electrons. The second-order valence-electron chi connectivity index (χ2n) is 7.78. The molecule has 0 saturated carbocycles. The molecule has 1 fully saturated rings. The molecule has 28 heavy (non-hydrogen) atoms. The number of hydrogen-bond donors (Lipinski definition) is 1. The highest BCUT2D eigenvalue weighted by atomic mass is 16.7. The average molecular weight is 383 g/mol. The number of aryl methyl sites for hydroxylation is 3. The summed E-state index contributed by atoms with van der Waals surface area (Å²) in [6, 6.07) is 14.2. The first-order chi connectivity index (χ1) is 13.3. The topological polar surface area (TPSA) is 64.8 Å². The van der Waals surface area contributed by atoms with Gasteiger partial charge in [0.1, 0.15) is 0 Å². The van der Waals surface area contributed by atoms with Gasteiger partial charge in [-0.05, 0) is 43.0 Å². The van der Waals surface area contributed by atoms with E-state index in [-0.39, 0.29) is 12.4 Å². The predicted octanol–water partition coefficient (Wildman–Crippen LogP) is 3.58. The fourth-order valence-corrected chi connectivity index (χ4v) is 3.73. The van der Waals surface area contributed by atoms with E-state index in [2.05, 4.69) is 19.1 Å².